The van der Waals surface area contributed by atoms with E-state index < -0.39 is 0 Å². The zero-order valence-corrected chi connectivity index (χ0v) is 8.82. The van der Waals surface area contributed by atoms with Gasteiger partial charge in [0.05, 0.1) is 11.8 Å². The number of nitrogens with zero attached hydrogens (tertiary/aromatic N) is 1. The van der Waals surface area contributed by atoms with Gasteiger partial charge in [-0.05, 0) is 30.5 Å². The highest BCUT2D eigenvalue weighted by Crippen LogP contribution is 2.22. The summed E-state index contributed by atoms with van der Waals surface area (Å²) in [5, 5.41) is 8.45. The minimum atomic E-state index is 0.534. The highest BCUT2D eigenvalue weighted by Gasteiger charge is 1.99. The number of hydrogen-bond donors (Lipinski definition) is 0. The van der Waals surface area contributed by atoms with Crippen molar-refractivity contribution in [1.82, 2.24) is 0 Å². The molecule has 0 heterocycles. The molecular weight excluding hydrogens is 178 g/mol. The molecule has 0 saturated carbocycles. The van der Waals surface area contributed by atoms with Crippen LogP contribution in [0.15, 0.2) is 23.1 Å². The standard InChI is InChI=1S/C11H13NS/c1-3-10-4-5-11(9(2)8-10)13-7-6-12/h4-5,8H,3,7H2,1-2H3. The smallest absolute Gasteiger partial charge is 0.0855 e. The molecule has 1 aromatic carbocycles. The van der Waals surface area contributed by atoms with Crippen LogP contribution in [0.5, 0.6) is 0 Å². The van der Waals surface area contributed by atoms with Crippen molar-refractivity contribution in [2.75, 3.05) is 5.75 Å². The van der Waals surface area contributed by atoms with Crippen LogP contribution in [0, 0.1) is 18.3 Å². The lowest BCUT2D eigenvalue weighted by molar-refractivity contribution is 1.11. The lowest BCUT2D eigenvalue weighted by Gasteiger charge is -2.04. The number of thioether (sulfide) groups is 1. The first-order valence-electron chi connectivity index (χ1n) is 4.37. The summed E-state index contributed by atoms with van der Waals surface area (Å²) in [6.45, 7) is 4.25. The molecule has 68 valence electrons. The zero-order chi connectivity index (χ0) is 9.68. The van der Waals surface area contributed by atoms with E-state index in [1.807, 2.05) is 0 Å². The Balaban J connectivity index is 2.80. The van der Waals surface area contributed by atoms with Crippen molar-refractivity contribution in [3.05, 3.63) is 29.3 Å². The molecule has 13 heavy (non-hydrogen) atoms. The van der Waals surface area contributed by atoms with E-state index in [-0.39, 0.29) is 0 Å². The molecule has 0 N–H and O–H groups in total. The normalized spacial score (nSPS) is 9.62. The first-order chi connectivity index (χ1) is 6.27. The van der Waals surface area contributed by atoms with E-state index in [1.54, 1.807) is 11.8 Å². The first-order valence-corrected chi connectivity index (χ1v) is 5.35. The van der Waals surface area contributed by atoms with E-state index in [2.05, 4.69) is 38.1 Å². The fraction of sp³-hybridized carbons (Fsp3) is 0.364. The van der Waals surface area contributed by atoms with Gasteiger partial charge in [0.1, 0.15) is 0 Å². The molecule has 0 aliphatic heterocycles. The van der Waals surface area contributed by atoms with Crippen LogP contribution in [0.2, 0.25) is 0 Å². The van der Waals surface area contributed by atoms with Crippen molar-refractivity contribution >= 4 is 11.8 Å². The van der Waals surface area contributed by atoms with Gasteiger partial charge in [-0.1, -0.05) is 19.1 Å². The lowest BCUT2D eigenvalue weighted by atomic mass is 10.1. The van der Waals surface area contributed by atoms with E-state index in [9.17, 15) is 0 Å². The fourth-order valence-corrected chi connectivity index (χ4v) is 1.87. The number of nitriles is 1. The molecule has 0 amide bonds. The number of rotatable bonds is 3. The molecule has 0 fully saturated rings. The Morgan fingerprint density at radius 1 is 1.46 bits per heavy atom. The topological polar surface area (TPSA) is 23.8 Å². The van der Waals surface area contributed by atoms with Gasteiger partial charge in [-0.15, -0.1) is 11.8 Å². The molecule has 0 unspecified atom stereocenters. The summed E-state index contributed by atoms with van der Waals surface area (Å²) in [5.41, 5.74) is 2.64. The molecule has 0 aliphatic rings. The zero-order valence-electron chi connectivity index (χ0n) is 8.00. The second kappa shape index (κ2) is 4.94. The summed E-state index contributed by atoms with van der Waals surface area (Å²) >= 11 is 1.61. The monoisotopic (exact) mass is 191 g/mol. The summed E-state index contributed by atoms with van der Waals surface area (Å²) in [6.07, 6.45) is 1.07. The van der Waals surface area contributed by atoms with E-state index in [4.69, 9.17) is 5.26 Å². The maximum Gasteiger partial charge on any atom is 0.0855 e. The van der Waals surface area contributed by atoms with Crippen LogP contribution in [-0.2, 0) is 6.42 Å². The van der Waals surface area contributed by atoms with Crippen LogP contribution >= 0.6 is 11.8 Å². The summed E-state index contributed by atoms with van der Waals surface area (Å²) in [6, 6.07) is 8.57. The molecule has 0 aromatic heterocycles. The van der Waals surface area contributed by atoms with Crippen molar-refractivity contribution in [2.24, 2.45) is 0 Å². The SMILES string of the molecule is CCc1ccc(SCC#N)c(C)c1. The molecule has 1 aromatic rings. The average molecular weight is 191 g/mol. The second-order valence-electron chi connectivity index (χ2n) is 2.90. The molecule has 0 atom stereocenters. The van der Waals surface area contributed by atoms with Crippen molar-refractivity contribution in [3.8, 4) is 6.07 Å². The molecule has 0 bridgehead atoms. The Morgan fingerprint density at radius 2 is 2.23 bits per heavy atom. The third-order valence-corrected chi connectivity index (χ3v) is 2.98. The summed E-state index contributed by atoms with van der Waals surface area (Å²) in [4.78, 5) is 1.22. The first kappa shape index (κ1) is 10.1. The molecular formula is C11H13NS. The third-order valence-electron chi connectivity index (χ3n) is 1.94. The van der Waals surface area contributed by atoms with Crippen molar-refractivity contribution < 1.29 is 0 Å². The van der Waals surface area contributed by atoms with E-state index >= 15 is 0 Å². The fourth-order valence-electron chi connectivity index (χ4n) is 1.20. The number of hydrogen-bond acceptors (Lipinski definition) is 2. The molecule has 1 rings (SSSR count). The van der Waals surface area contributed by atoms with Gasteiger partial charge in [-0.25, -0.2) is 0 Å². The van der Waals surface area contributed by atoms with Crippen LogP contribution in [-0.4, -0.2) is 5.75 Å². The largest absolute Gasteiger partial charge is 0.197 e. The maximum absolute atomic E-state index is 8.45. The van der Waals surface area contributed by atoms with Gasteiger partial charge < -0.3 is 0 Å². The van der Waals surface area contributed by atoms with Crippen LogP contribution in [0.1, 0.15) is 18.1 Å². The number of benzene rings is 1. The van der Waals surface area contributed by atoms with Gasteiger partial charge >= 0.3 is 0 Å². The van der Waals surface area contributed by atoms with Crippen molar-refractivity contribution in [2.45, 2.75) is 25.2 Å². The lowest BCUT2D eigenvalue weighted by Crippen LogP contribution is -1.85. The summed E-state index contributed by atoms with van der Waals surface area (Å²) < 4.78 is 0. The van der Waals surface area contributed by atoms with Gasteiger partial charge in [-0.2, -0.15) is 5.26 Å². The Morgan fingerprint density at radius 3 is 2.77 bits per heavy atom. The molecule has 0 radical (unpaired) electrons. The van der Waals surface area contributed by atoms with E-state index in [0.29, 0.717) is 5.75 Å². The van der Waals surface area contributed by atoms with Crippen LogP contribution < -0.4 is 0 Å². The van der Waals surface area contributed by atoms with Gasteiger partial charge in [0.25, 0.3) is 0 Å². The Hall–Kier alpha value is -0.940. The minimum absolute atomic E-state index is 0.534. The van der Waals surface area contributed by atoms with E-state index in [1.165, 1.54) is 16.0 Å². The Bertz CT molecular complexity index is 325. The van der Waals surface area contributed by atoms with Gasteiger partial charge in [-0.3, -0.25) is 0 Å². The molecule has 0 spiro atoms. The predicted octanol–water partition coefficient (Wildman–Crippen LogP) is 3.17. The predicted molar refractivity (Wildman–Crippen MR) is 56.9 cm³/mol. The average Bonchev–Trinajstić information content (AvgIpc) is 2.16. The van der Waals surface area contributed by atoms with E-state index in [0.717, 1.165) is 6.42 Å². The third kappa shape index (κ3) is 2.78. The molecule has 0 aliphatic carbocycles. The molecule has 0 saturated heterocycles. The number of aryl methyl sites for hydroxylation is 2. The van der Waals surface area contributed by atoms with Crippen LogP contribution in [0.25, 0.3) is 0 Å². The minimum Gasteiger partial charge on any atom is -0.197 e. The van der Waals surface area contributed by atoms with Crippen LogP contribution in [0.4, 0.5) is 0 Å². The highest BCUT2D eigenvalue weighted by atomic mass is 32.2. The maximum atomic E-state index is 8.45. The van der Waals surface area contributed by atoms with Crippen molar-refractivity contribution in [3.63, 3.8) is 0 Å². The van der Waals surface area contributed by atoms with Crippen LogP contribution in [0.3, 0.4) is 0 Å². The quantitative estimate of drug-likeness (QED) is 0.685. The van der Waals surface area contributed by atoms with Gasteiger partial charge in [0.15, 0.2) is 0 Å². The van der Waals surface area contributed by atoms with Gasteiger partial charge in [0.2, 0.25) is 0 Å². The summed E-state index contributed by atoms with van der Waals surface area (Å²) in [5.74, 6) is 0.534. The Kier molecular flexibility index (Phi) is 3.85. The van der Waals surface area contributed by atoms with Crippen molar-refractivity contribution in [1.29, 1.82) is 5.26 Å². The molecule has 2 heteroatoms. The second-order valence-corrected chi connectivity index (χ2v) is 3.92. The summed E-state index contributed by atoms with van der Waals surface area (Å²) in [7, 11) is 0. The Labute approximate surface area is 83.8 Å². The van der Waals surface area contributed by atoms with Gasteiger partial charge in [0, 0.05) is 4.90 Å². The highest BCUT2D eigenvalue weighted by molar-refractivity contribution is 7.99. The molecule has 1 nitrogen and oxygen atoms in total.